The Labute approximate surface area is 129 Å². The van der Waals surface area contributed by atoms with Gasteiger partial charge in [-0.15, -0.1) is 11.3 Å². The van der Waals surface area contributed by atoms with Gasteiger partial charge in [0, 0.05) is 17.5 Å². The summed E-state index contributed by atoms with van der Waals surface area (Å²) in [7, 11) is -3.29. The Bertz CT molecular complexity index is 678. The lowest BCUT2D eigenvalue weighted by Crippen LogP contribution is -2.16. The van der Waals surface area contributed by atoms with Gasteiger partial charge >= 0.3 is 0 Å². The van der Waals surface area contributed by atoms with Gasteiger partial charge in [-0.2, -0.15) is 0 Å². The third kappa shape index (κ3) is 4.52. The van der Waals surface area contributed by atoms with Gasteiger partial charge in [-0.25, -0.2) is 13.4 Å². The number of anilines is 1. The predicted octanol–water partition coefficient (Wildman–Crippen LogP) is 2.81. The average Bonchev–Trinajstić information content (AvgIpc) is 2.93. The summed E-state index contributed by atoms with van der Waals surface area (Å²) in [5.41, 5.74) is 8.32. The Hall–Kier alpha value is -1.44. The number of hydrogen-bond acceptors (Lipinski definition) is 5. The molecule has 0 unspecified atom stereocenters. The molecule has 0 saturated heterocycles. The highest BCUT2D eigenvalue weighted by molar-refractivity contribution is 7.92. The molecule has 2 aromatic rings. The molecule has 1 aromatic heterocycles. The monoisotopic (exact) mass is 325 g/mol. The number of thiazole rings is 1. The highest BCUT2D eigenvalue weighted by Gasteiger charge is 2.12. The Kier molecular flexibility index (Phi) is 5.33. The van der Waals surface area contributed by atoms with Gasteiger partial charge in [0.2, 0.25) is 10.0 Å². The fourth-order valence-corrected chi connectivity index (χ4v) is 4.00. The molecule has 21 heavy (non-hydrogen) atoms. The zero-order chi connectivity index (χ0) is 15.3. The lowest BCUT2D eigenvalue weighted by atomic mass is 10.1. The summed E-state index contributed by atoms with van der Waals surface area (Å²) < 4.78 is 26.2. The maximum atomic E-state index is 11.8. The Balaban J connectivity index is 2.10. The van der Waals surface area contributed by atoms with Crippen LogP contribution >= 0.6 is 11.3 Å². The van der Waals surface area contributed by atoms with Crippen LogP contribution in [0.15, 0.2) is 29.6 Å². The Morgan fingerprint density at radius 2 is 2.00 bits per heavy atom. The van der Waals surface area contributed by atoms with Crippen molar-refractivity contribution in [2.75, 3.05) is 10.5 Å². The van der Waals surface area contributed by atoms with E-state index in [1.165, 1.54) is 11.3 Å². The zero-order valence-electron chi connectivity index (χ0n) is 11.9. The molecule has 1 aromatic carbocycles. The van der Waals surface area contributed by atoms with Crippen LogP contribution in [0.5, 0.6) is 0 Å². The maximum absolute atomic E-state index is 11.8. The fourth-order valence-electron chi connectivity index (χ4n) is 1.78. The SMILES string of the molecule is CCCCS(=O)(=O)Nc1nc(-c2ccc(CN)cc2)cs1. The van der Waals surface area contributed by atoms with E-state index in [1.807, 2.05) is 36.6 Å². The standard InChI is InChI=1S/C14H19N3O2S2/c1-2-3-8-21(18,19)17-14-16-13(10-20-14)12-6-4-11(9-15)5-7-12/h4-7,10H,2-3,8-9,15H2,1H3,(H,16,17). The summed E-state index contributed by atoms with van der Waals surface area (Å²) in [5, 5.41) is 2.25. The van der Waals surface area contributed by atoms with Crippen molar-refractivity contribution < 1.29 is 8.42 Å². The lowest BCUT2D eigenvalue weighted by Gasteiger charge is -2.03. The molecule has 0 spiro atoms. The molecule has 0 aliphatic carbocycles. The molecule has 114 valence electrons. The number of unbranched alkanes of at least 4 members (excludes halogenated alkanes) is 1. The first-order chi connectivity index (χ1) is 10.0. The van der Waals surface area contributed by atoms with E-state index in [9.17, 15) is 8.42 Å². The summed E-state index contributed by atoms with van der Waals surface area (Å²) in [5.74, 6) is 0.129. The van der Waals surface area contributed by atoms with Crippen LogP contribution in [-0.2, 0) is 16.6 Å². The summed E-state index contributed by atoms with van der Waals surface area (Å²) in [6.45, 7) is 2.46. The van der Waals surface area contributed by atoms with E-state index in [4.69, 9.17) is 5.73 Å². The minimum absolute atomic E-state index is 0.129. The Morgan fingerprint density at radius 1 is 1.29 bits per heavy atom. The molecule has 0 saturated carbocycles. The smallest absolute Gasteiger partial charge is 0.234 e. The van der Waals surface area contributed by atoms with Gasteiger partial charge in [-0.3, -0.25) is 4.72 Å². The van der Waals surface area contributed by atoms with E-state index < -0.39 is 10.0 Å². The highest BCUT2D eigenvalue weighted by Crippen LogP contribution is 2.25. The Morgan fingerprint density at radius 3 is 2.62 bits per heavy atom. The largest absolute Gasteiger partial charge is 0.326 e. The number of benzene rings is 1. The van der Waals surface area contributed by atoms with Crippen LogP contribution in [0.4, 0.5) is 5.13 Å². The third-order valence-electron chi connectivity index (χ3n) is 3.00. The molecule has 0 aliphatic rings. The van der Waals surface area contributed by atoms with Gasteiger partial charge < -0.3 is 5.73 Å². The molecule has 1 heterocycles. The van der Waals surface area contributed by atoms with Gasteiger partial charge in [0.05, 0.1) is 11.4 Å². The number of rotatable bonds is 7. The van der Waals surface area contributed by atoms with Crippen LogP contribution in [0.2, 0.25) is 0 Å². The minimum atomic E-state index is -3.29. The maximum Gasteiger partial charge on any atom is 0.234 e. The number of sulfonamides is 1. The van der Waals surface area contributed by atoms with Crippen molar-refractivity contribution in [1.82, 2.24) is 4.98 Å². The van der Waals surface area contributed by atoms with Crippen LogP contribution in [0, 0.1) is 0 Å². The fraction of sp³-hybridized carbons (Fsp3) is 0.357. The van der Waals surface area contributed by atoms with Gasteiger partial charge in [-0.1, -0.05) is 37.6 Å². The van der Waals surface area contributed by atoms with Crippen molar-refractivity contribution in [1.29, 1.82) is 0 Å². The normalized spacial score (nSPS) is 11.5. The van der Waals surface area contributed by atoms with E-state index in [1.54, 1.807) is 0 Å². The second kappa shape index (κ2) is 7.02. The molecule has 0 atom stereocenters. The molecular weight excluding hydrogens is 306 g/mol. The van der Waals surface area contributed by atoms with Crippen LogP contribution in [0.25, 0.3) is 11.3 Å². The molecular formula is C14H19N3O2S2. The van der Waals surface area contributed by atoms with Crippen LogP contribution in [-0.4, -0.2) is 19.2 Å². The van der Waals surface area contributed by atoms with Crippen LogP contribution in [0.1, 0.15) is 25.3 Å². The molecule has 0 radical (unpaired) electrons. The number of nitrogens with two attached hydrogens (primary N) is 1. The number of hydrogen-bond donors (Lipinski definition) is 2. The number of nitrogens with zero attached hydrogens (tertiary/aromatic N) is 1. The highest BCUT2D eigenvalue weighted by atomic mass is 32.2. The van der Waals surface area contributed by atoms with Gasteiger partial charge in [0.15, 0.2) is 5.13 Å². The van der Waals surface area contributed by atoms with Gasteiger partial charge in [-0.05, 0) is 12.0 Å². The number of aromatic nitrogens is 1. The third-order valence-corrected chi connectivity index (χ3v) is 5.22. The molecule has 7 heteroatoms. The second-order valence-electron chi connectivity index (χ2n) is 4.71. The lowest BCUT2D eigenvalue weighted by molar-refractivity contribution is 0.598. The quantitative estimate of drug-likeness (QED) is 0.819. The van der Waals surface area contributed by atoms with Crippen molar-refractivity contribution in [2.24, 2.45) is 5.73 Å². The van der Waals surface area contributed by atoms with Crippen molar-refractivity contribution >= 4 is 26.5 Å². The zero-order valence-corrected chi connectivity index (χ0v) is 13.5. The molecule has 0 aliphatic heterocycles. The first-order valence-corrected chi connectivity index (χ1v) is 9.32. The van der Waals surface area contributed by atoms with E-state index in [0.29, 0.717) is 18.1 Å². The van der Waals surface area contributed by atoms with Crippen LogP contribution < -0.4 is 10.5 Å². The summed E-state index contributed by atoms with van der Waals surface area (Å²) in [6.07, 6.45) is 1.49. The molecule has 2 rings (SSSR count). The second-order valence-corrected chi connectivity index (χ2v) is 7.41. The van der Waals surface area contributed by atoms with Crippen molar-refractivity contribution in [2.45, 2.75) is 26.3 Å². The first kappa shape index (κ1) is 15.9. The number of nitrogens with one attached hydrogen (secondary N) is 1. The van der Waals surface area contributed by atoms with E-state index in [2.05, 4.69) is 9.71 Å². The average molecular weight is 325 g/mol. The van der Waals surface area contributed by atoms with Gasteiger partial charge in [0.1, 0.15) is 0 Å². The van der Waals surface area contributed by atoms with Crippen molar-refractivity contribution in [3.8, 4) is 11.3 Å². The molecule has 0 fully saturated rings. The summed E-state index contributed by atoms with van der Waals surface area (Å²) >= 11 is 1.29. The van der Waals surface area contributed by atoms with Gasteiger partial charge in [0.25, 0.3) is 0 Å². The summed E-state index contributed by atoms with van der Waals surface area (Å²) in [4.78, 5) is 4.33. The minimum Gasteiger partial charge on any atom is -0.326 e. The molecule has 3 N–H and O–H groups in total. The predicted molar refractivity (Wildman–Crippen MR) is 87.8 cm³/mol. The van der Waals surface area contributed by atoms with Crippen molar-refractivity contribution in [3.63, 3.8) is 0 Å². The van der Waals surface area contributed by atoms with Crippen LogP contribution in [0.3, 0.4) is 0 Å². The van der Waals surface area contributed by atoms with E-state index in [0.717, 1.165) is 23.2 Å². The molecule has 5 nitrogen and oxygen atoms in total. The first-order valence-electron chi connectivity index (χ1n) is 6.79. The topological polar surface area (TPSA) is 85.1 Å². The molecule has 0 amide bonds. The van der Waals surface area contributed by atoms with E-state index in [-0.39, 0.29) is 5.75 Å². The molecule has 0 bridgehead atoms. The van der Waals surface area contributed by atoms with Crippen molar-refractivity contribution in [3.05, 3.63) is 35.2 Å². The summed E-state index contributed by atoms with van der Waals surface area (Å²) in [6, 6.07) is 7.76. The van der Waals surface area contributed by atoms with E-state index >= 15 is 0 Å².